The van der Waals surface area contributed by atoms with E-state index in [1.54, 1.807) is 6.07 Å². The normalized spacial score (nSPS) is 20.3. The lowest BCUT2D eigenvalue weighted by molar-refractivity contribution is -0.136. The summed E-state index contributed by atoms with van der Waals surface area (Å²) in [5.41, 5.74) is 9.12. The molecule has 0 spiro atoms. The molecule has 0 aliphatic carbocycles. The highest BCUT2D eigenvalue weighted by Gasteiger charge is 2.46. The summed E-state index contributed by atoms with van der Waals surface area (Å²) >= 11 is 0. The molecule has 6 rings (SSSR count). The molecule has 0 radical (unpaired) electrons. The number of carbonyl (C=O) groups is 5. The predicted octanol–water partition coefficient (Wildman–Crippen LogP) is 3.72. The molecular weight excluding hydrogens is 634 g/mol. The quantitative estimate of drug-likeness (QED) is 0.155. The Hall–Kier alpha value is -4.29. The summed E-state index contributed by atoms with van der Waals surface area (Å²) in [5.74, 6) is -1.36. The van der Waals surface area contributed by atoms with E-state index in [4.69, 9.17) is 0 Å². The van der Waals surface area contributed by atoms with Gasteiger partial charge in [0.25, 0.3) is 17.7 Å². The third-order valence-corrected chi connectivity index (χ3v) is 10.7. The molecule has 3 N–H and O–H groups in total. The number of piperazine rings is 1. The molecule has 5 amide bonds. The van der Waals surface area contributed by atoms with Crippen LogP contribution in [0.2, 0.25) is 0 Å². The smallest absolute Gasteiger partial charge is 0.265 e. The van der Waals surface area contributed by atoms with E-state index >= 15 is 0 Å². The Morgan fingerprint density at radius 2 is 1.58 bits per heavy atom. The van der Waals surface area contributed by atoms with E-state index in [0.29, 0.717) is 22.6 Å². The van der Waals surface area contributed by atoms with Crippen LogP contribution in [0.4, 0.5) is 11.4 Å². The number of hydrogen-bond acceptors (Lipinski definition) is 9. The summed E-state index contributed by atoms with van der Waals surface area (Å²) in [6.07, 6.45) is 9.27. The molecule has 0 aromatic heterocycles. The number of carbonyl (C=O) groups excluding carboxylic acids is 5. The Morgan fingerprint density at radius 1 is 0.820 bits per heavy atom. The van der Waals surface area contributed by atoms with E-state index < -0.39 is 23.8 Å². The topological polar surface area (TPSA) is 134 Å². The standard InChI is InChI=1S/C38H51N7O5/c1-2-3-4-5-19-39-41-35(47)28-11-13-29(14-12-28)43-25-23-42(24-26-43)20-7-8-27-17-21-44(22-18-27)31-10-6-9-30-34(31)38(50)45(37(30)49)32-15-16-33(46)40-36(32)48/h6,9-14,27,32,39H,2-5,7-8,15-26H2,1H3,(H,41,47)(H,40,46,48). The van der Waals surface area contributed by atoms with Crippen LogP contribution in [0.1, 0.15) is 102 Å². The van der Waals surface area contributed by atoms with Gasteiger partial charge in [0.15, 0.2) is 0 Å². The summed E-state index contributed by atoms with van der Waals surface area (Å²) in [4.78, 5) is 71.6. The van der Waals surface area contributed by atoms with Crippen LogP contribution in [-0.4, -0.2) is 97.7 Å². The Bertz CT molecular complexity index is 1550. The Balaban J connectivity index is 0.905. The first-order chi connectivity index (χ1) is 24.3. The van der Waals surface area contributed by atoms with Gasteiger partial charge in [-0.1, -0.05) is 32.3 Å². The molecule has 2 aromatic carbocycles. The molecule has 4 aliphatic heterocycles. The number of nitrogens with one attached hydrogen (secondary N) is 3. The van der Waals surface area contributed by atoms with Crippen LogP contribution < -0.4 is 26.0 Å². The van der Waals surface area contributed by atoms with Crippen molar-refractivity contribution in [2.24, 2.45) is 5.92 Å². The molecular formula is C38H51N7O5. The molecule has 0 saturated carbocycles. The highest BCUT2D eigenvalue weighted by atomic mass is 16.2. The molecule has 1 unspecified atom stereocenters. The van der Waals surface area contributed by atoms with Crippen LogP contribution in [0.15, 0.2) is 42.5 Å². The lowest BCUT2D eigenvalue weighted by atomic mass is 9.91. The van der Waals surface area contributed by atoms with Crippen LogP contribution in [0.3, 0.4) is 0 Å². The van der Waals surface area contributed by atoms with Gasteiger partial charge in [-0.15, -0.1) is 0 Å². The number of hydrazine groups is 1. The molecule has 268 valence electrons. The second kappa shape index (κ2) is 16.6. The van der Waals surface area contributed by atoms with Gasteiger partial charge in [0, 0.05) is 63.5 Å². The average Bonchev–Trinajstić information content (AvgIpc) is 3.39. The fraction of sp³-hybridized carbons (Fsp3) is 0.553. The largest absolute Gasteiger partial charge is 0.371 e. The van der Waals surface area contributed by atoms with Crippen LogP contribution in [0, 0.1) is 5.92 Å². The number of piperidine rings is 2. The van der Waals surface area contributed by atoms with Gasteiger partial charge in [-0.3, -0.25) is 44.5 Å². The van der Waals surface area contributed by atoms with Crippen molar-refractivity contribution >= 4 is 40.9 Å². The van der Waals surface area contributed by atoms with E-state index in [1.807, 2.05) is 36.4 Å². The minimum absolute atomic E-state index is 0.101. The van der Waals surface area contributed by atoms with Gasteiger partial charge in [-0.2, -0.15) is 0 Å². The van der Waals surface area contributed by atoms with Gasteiger partial charge < -0.3 is 9.80 Å². The van der Waals surface area contributed by atoms with Gasteiger partial charge in [0.05, 0.1) is 16.8 Å². The maximum absolute atomic E-state index is 13.5. The summed E-state index contributed by atoms with van der Waals surface area (Å²) in [6, 6.07) is 12.3. The lowest BCUT2D eigenvalue weighted by Crippen LogP contribution is -2.54. The maximum Gasteiger partial charge on any atom is 0.265 e. The van der Waals surface area contributed by atoms with Gasteiger partial charge in [0.2, 0.25) is 11.8 Å². The average molecular weight is 686 g/mol. The fourth-order valence-electron chi connectivity index (χ4n) is 7.74. The van der Waals surface area contributed by atoms with Crippen molar-refractivity contribution in [1.82, 2.24) is 26.0 Å². The Morgan fingerprint density at radius 3 is 2.30 bits per heavy atom. The molecule has 0 bridgehead atoms. The summed E-state index contributed by atoms with van der Waals surface area (Å²) in [5, 5.41) is 2.27. The van der Waals surface area contributed by atoms with E-state index in [0.717, 1.165) is 94.3 Å². The first-order valence-electron chi connectivity index (χ1n) is 18.5. The van der Waals surface area contributed by atoms with Crippen molar-refractivity contribution < 1.29 is 24.0 Å². The van der Waals surface area contributed by atoms with Gasteiger partial charge >= 0.3 is 0 Å². The van der Waals surface area contributed by atoms with Gasteiger partial charge in [-0.05, 0) is 87.4 Å². The third-order valence-electron chi connectivity index (χ3n) is 10.7. The van der Waals surface area contributed by atoms with Crippen LogP contribution in [-0.2, 0) is 9.59 Å². The van der Waals surface area contributed by atoms with Crippen molar-refractivity contribution in [3.05, 3.63) is 59.2 Å². The molecule has 3 saturated heterocycles. The number of benzene rings is 2. The number of amides is 5. The molecule has 4 heterocycles. The first-order valence-corrected chi connectivity index (χ1v) is 18.5. The molecule has 2 aromatic rings. The number of imide groups is 2. The number of rotatable bonds is 14. The van der Waals surface area contributed by atoms with Crippen LogP contribution >= 0.6 is 0 Å². The number of anilines is 2. The predicted molar refractivity (Wildman–Crippen MR) is 192 cm³/mol. The van der Waals surface area contributed by atoms with Crippen molar-refractivity contribution in [3.63, 3.8) is 0 Å². The number of nitrogens with zero attached hydrogens (tertiary/aromatic N) is 4. The van der Waals surface area contributed by atoms with Crippen LogP contribution in [0.5, 0.6) is 0 Å². The van der Waals surface area contributed by atoms with Crippen molar-refractivity contribution in [2.45, 2.75) is 77.2 Å². The number of unbranched alkanes of at least 4 members (excludes halogenated alkanes) is 3. The summed E-state index contributed by atoms with van der Waals surface area (Å²) < 4.78 is 0. The second-order valence-corrected chi connectivity index (χ2v) is 14.0. The number of hydrogen-bond donors (Lipinski definition) is 3. The SMILES string of the molecule is CCCCCCNNC(=O)c1ccc(N2CCN(CCCC3CCN(c4cccc5c4C(=O)N(C4CCC(=O)NC4=O)C5=O)CC3)CC2)cc1. The maximum atomic E-state index is 13.5. The van der Waals surface area contributed by atoms with E-state index in [9.17, 15) is 24.0 Å². The van der Waals surface area contributed by atoms with E-state index in [1.165, 1.54) is 25.7 Å². The first kappa shape index (κ1) is 35.5. The van der Waals surface area contributed by atoms with Crippen molar-refractivity contribution in [2.75, 3.05) is 62.2 Å². The fourth-order valence-corrected chi connectivity index (χ4v) is 7.74. The summed E-state index contributed by atoms with van der Waals surface area (Å²) in [6.45, 7) is 9.65. The molecule has 1 atom stereocenters. The minimum Gasteiger partial charge on any atom is -0.371 e. The molecule has 4 aliphatic rings. The molecule has 3 fully saturated rings. The van der Waals surface area contributed by atoms with Gasteiger partial charge in [-0.25, -0.2) is 5.43 Å². The Kier molecular flexibility index (Phi) is 11.8. The molecule has 12 nitrogen and oxygen atoms in total. The molecule has 12 heteroatoms. The summed E-state index contributed by atoms with van der Waals surface area (Å²) in [7, 11) is 0. The van der Waals surface area contributed by atoms with E-state index in [2.05, 4.69) is 37.8 Å². The lowest BCUT2D eigenvalue weighted by Gasteiger charge is -2.37. The molecule has 50 heavy (non-hydrogen) atoms. The van der Waals surface area contributed by atoms with Crippen molar-refractivity contribution in [3.8, 4) is 0 Å². The highest BCUT2D eigenvalue weighted by molar-refractivity contribution is 6.25. The van der Waals surface area contributed by atoms with Crippen LogP contribution in [0.25, 0.3) is 0 Å². The second-order valence-electron chi connectivity index (χ2n) is 14.0. The number of fused-ring (bicyclic) bond motifs is 1. The zero-order chi connectivity index (χ0) is 35.0. The van der Waals surface area contributed by atoms with E-state index in [-0.39, 0.29) is 24.7 Å². The zero-order valence-corrected chi connectivity index (χ0v) is 29.3. The highest BCUT2D eigenvalue weighted by Crippen LogP contribution is 2.36. The Labute approximate surface area is 294 Å². The third kappa shape index (κ3) is 8.18. The minimum atomic E-state index is -0.958. The van der Waals surface area contributed by atoms with Crippen molar-refractivity contribution in [1.29, 1.82) is 0 Å². The zero-order valence-electron chi connectivity index (χ0n) is 29.3. The van der Waals surface area contributed by atoms with Gasteiger partial charge in [0.1, 0.15) is 6.04 Å². The monoisotopic (exact) mass is 685 g/mol.